The van der Waals surface area contributed by atoms with Gasteiger partial charge in [0.25, 0.3) is 5.78 Å². The first-order chi connectivity index (χ1) is 9.65. The van der Waals surface area contributed by atoms with Gasteiger partial charge in [0.05, 0.1) is 0 Å². The zero-order chi connectivity index (χ0) is 14.1. The average molecular weight is 266 g/mol. The maximum Gasteiger partial charge on any atom is 0.377 e. The highest BCUT2D eigenvalue weighted by Crippen LogP contribution is 2.28. The third-order valence-corrected chi connectivity index (χ3v) is 3.03. The fraction of sp³-hybridized carbons (Fsp3) is 0. The second kappa shape index (κ2) is 4.66. The minimum atomic E-state index is -1.46. The molecule has 0 aliphatic rings. The van der Waals surface area contributed by atoms with E-state index in [0.29, 0.717) is 16.7 Å². The van der Waals surface area contributed by atoms with Crippen LogP contribution in [0.1, 0.15) is 10.4 Å². The van der Waals surface area contributed by atoms with E-state index in [1.165, 1.54) is 12.1 Å². The second-order valence-corrected chi connectivity index (χ2v) is 4.36. The van der Waals surface area contributed by atoms with Gasteiger partial charge in [-0.2, -0.15) is 0 Å². The molecule has 0 aliphatic heterocycles. The van der Waals surface area contributed by atoms with E-state index in [0.717, 1.165) is 5.56 Å². The number of Topliss-reactive ketones (excluding diaryl/α,β-unsaturated/α-hetero) is 1. The molecule has 98 valence electrons. The van der Waals surface area contributed by atoms with Gasteiger partial charge < -0.3 is 9.52 Å². The van der Waals surface area contributed by atoms with Crippen molar-refractivity contribution in [3.05, 3.63) is 60.2 Å². The van der Waals surface area contributed by atoms with E-state index in [-0.39, 0.29) is 5.56 Å². The third-order valence-electron chi connectivity index (χ3n) is 3.03. The first-order valence-corrected chi connectivity index (χ1v) is 6.02. The number of ketones is 1. The van der Waals surface area contributed by atoms with Crippen molar-refractivity contribution in [2.45, 2.75) is 0 Å². The van der Waals surface area contributed by atoms with E-state index < -0.39 is 11.8 Å². The van der Waals surface area contributed by atoms with E-state index in [1.54, 1.807) is 12.1 Å². The Morgan fingerprint density at radius 1 is 0.950 bits per heavy atom. The number of benzene rings is 2. The van der Waals surface area contributed by atoms with Gasteiger partial charge in [0.15, 0.2) is 0 Å². The van der Waals surface area contributed by atoms with Crippen LogP contribution in [-0.2, 0) is 4.79 Å². The van der Waals surface area contributed by atoms with Crippen molar-refractivity contribution in [3.63, 3.8) is 0 Å². The minimum Gasteiger partial charge on any atom is -0.475 e. The van der Waals surface area contributed by atoms with E-state index in [1.807, 2.05) is 30.3 Å². The highest BCUT2D eigenvalue weighted by molar-refractivity contribution is 6.40. The first-order valence-electron chi connectivity index (χ1n) is 6.02. The quantitative estimate of drug-likeness (QED) is 0.583. The Bertz CT molecular complexity index is 800. The topological polar surface area (TPSA) is 67.5 Å². The Labute approximate surface area is 114 Å². The van der Waals surface area contributed by atoms with Gasteiger partial charge in [-0.05, 0) is 24.3 Å². The molecule has 20 heavy (non-hydrogen) atoms. The van der Waals surface area contributed by atoms with E-state index in [2.05, 4.69) is 0 Å². The Hall–Kier alpha value is -2.88. The number of fused-ring (bicyclic) bond motifs is 1. The summed E-state index contributed by atoms with van der Waals surface area (Å²) in [6.07, 6.45) is 0. The molecule has 0 bridgehead atoms. The van der Waals surface area contributed by atoms with Gasteiger partial charge >= 0.3 is 5.97 Å². The molecule has 3 rings (SSSR count). The minimum absolute atomic E-state index is 0.144. The van der Waals surface area contributed by atoms with Crippen molar-refractivity contribution < 1.29 is 19.1 Å². The van der Waals surface area contributed by atoms with Crippen LogP contribution in [0.2, 0.25) is 0 Å². The van der Waals surface area contributed by atoms with Crippen LogP contribution in [0.5, 0.6) is 0 Å². The number of hydrogen-bond acceptors (Lipinski definition) is 3. The maximum atomic E-state index is 11.4. The van der Waals surface area contributed by atoms with Crippen molar-refractivity contribution in [2.24, 2.45) is 0 Å². The number of carboxylic acid groups (broad SMARTS) is 1. The molecule has 1 N–H and O–H groups in total. The van der Waals surface area contributed by atoms with Crippen LogP contribution < -0.4 is 0 Å². The molecule has 0 saturated carbocycles. The normalized spacial score (nSPS) is 10.6. The summed E-state index contributed by atoms with van der Waals surface area (Å²) in [6, 6.07) is 15.9. The summed E-state index contributed by atoms with van der Waals surface area (Å²) in [7, 11) is 0. The van der Waals surface area contributed by atoms with Crippen molar-refractivity contribution in [3.8, 4) is 11.3 Å². The van der Waals surface area contributed by atoms with Crippen molar-refractivity contribution in [1.29, 1.82) is 0 Å². The number of hydrogen-bond donors (Lipinski definition) is 1. The molecule has 0 amide bonds. The zero-order valence-corrected chi connectivity index (χ0v) is 10.4. The van der Waals surface area contributed by atoms with E-state index in [9.17, 15) is 9.59 Å². The van der Waals surface area contributed by atoms with Gasteiger partial charge in [-0.15, -0.1) is 0 Å². The third kappa shape index (κ3) is 2.07. The highest BCUT2D eigenvalue weighted by atomic mass is 16.4. The summed E-state index contributed by atoms with van der Waals surface area (Å²) in [5, 5.41) is 9.42. The molecule has 0 aliphatic carbocycles. The first kappa shape index (κ1) is 12.2. The Balaban J connectivity index is 2.08. The number of aliphatic carboxylic acids is 1. The smallest absolute Gasteiger partial charge is 0.377 e. The molecule has 0 saturated heterocycles. The number of rotatable bonds is 3. The van der Waals surface area contributed by atoms with Gasteiger partial charge in [0.2, 0.25) is 0 Å². The van der Waals surface area contributed by atoms with Crippen LogP contribution in [0.25, 0.3) is 22.3 Å². The second-order valence-electron chi connectivity index (χ2n) is 4.36. The highest BCUT2D eigenvalue weighted by Gasteiger charge is 2.16. The molecule has 1 aromatic heterocycles. The average Bonchev–Trinajstić information content (AvgIpc) is 2.90. The number of furan rings is 1. The van der Waals surface area contributed by atoms with Crippen LogP contribution in [0.15, 0.2) is 59.0 Å². The predicted molar refractivity (Wildman–Crippen MR) is 73.6 cm³/mol. The molecule has 0 atom stereocenters. The SMILES string of the molecule is O=C(O)C(=O)c1ccc2oc(-c3ccccc3)cc2c1. The molecular formula is C16H10O4. The van der Waals surface area contributed by atoms with Crippen LogP contribution in [0.3, 0.4) is 0 Å². The fourth-order valence-corrected chi connectivity index (χ4v) is 2.05. The van der Waals surface area contributed by atoms with Crippen LogP contribution in [0.4, 0.5) is 0 Å². The summed E-state index contributed by atoms with van der Waals surface area (Å²) in [4.78, 5) is 22.1. The summed E-state index contributed by atoms with van der Waals surface area (Å²) >= 11 is 0. The summed E-state index contributed by atoms with van der Waals surface area (Å²) in [5.74, 6) is -1.70. The van der Waals surface area contributed by atoms with Gasteiger partial charge in [-0.3, -0.25) is 4.79 Å². The predicted octanol–water partition coefficient (Wildman–Crippen LogP) is 3.37. The summed E-state index contributed by atoms with van der Waals surface area (Å²) in [5.41, 5.74) is 1.69. The Kier molecular flexibility index (Phi) is 2.84. The lowest BCUT2D eigenvalue weighted by Crippen LogP contribution is -2.12. The molecule has 2 aromatic carbocycles. The lowest BCUT2D eigenvalue weighted by Gasteiger charge is -1.95. The molecule has 3 aromatic rings. The van der Waals surface area contributed by atoms with E-state index >= 15 is 0 Å². The zero-order valence-electron chi connectivity index (χ0n) is 10.4. The number of carbonyl (C=O) groups excluding carboxylic acids is 1. The molecular weight excluding hydrogens is 256 g/mol. The Morgan fingerprint density at radius 2 is 1.70 bits per heavy atom. The standard InChI is InChI=1S/C16H10O4/c17-15(16(18)19)11-6-7-13-12(8-11)9-14(20-13)10-4-2-1-3-5-10/h1-9H,(H,18,19). The molecule has 0 fully saturated rings. The molecule has 4 heteroatoms. The molecule has 0 spiro atoms. The Morgan fingerprint density at radius 3 is 2.40 bits per heavy atom. The van der Waals surface area contributed by atoms with Crippen molar-refractivity contribution >= 4 is 22.7 Å². The van der Waals surface area contributed by atoms with Crippen molar-refractivity contribution in [1.82, 2.24) is 0 Å². The number of carboxylic acids is 1. The van der Waals surface area contributed by atoms with E-state index in [4.69, 9.17) is 9.52 Å². The van der Waals surface area contributed by atoms with Crippen LogP contribution >= 0.6 is 0 Å². The fourth-order valence-electron chi connectivity index (χ4n) is 2.05. The molecule has 4 nitrogen and oxygen atoms in total. The summed E-state index contributed by atoms with van der Waals surface area (Å²) < 4.78 is 5.69. The van der Waals surface area contributed by atoms with Gasteiger partial charge in [-0.25, -0.2) is 4.79 Å². The van der Waals surface area contributed by atoms with Gasteiger partial charge in [-0.1, -0.05) is 30.3 Å². The van der Waals surface area contributed by atoms with Crippen LogP contribution in [-0.4, -0.2) is 16.9 Å². The monoisotopic (exact) mass is 266 g/mol. The van der Waals surface area contributed by atoms with Gasteiger partial charge in [0.1, 0.15) is 11.3 Å². The lowest BCUT2D eigenvalue weighted by molar-refractivity contribution is -0.131. The van der Waals surface area contributed by atoms with Crippen molar-refractivity contribution in [2.75, 3.05) is 0 Å². The number of carbonyl (C=O) groups is 2. The maximum absolute atomic E-state index is 11.4. The largest absolute Gasteiger partial charge is 0.475 e. The molecule has 0 radical (unpaired) electrons. The molecule has 1 heterocycles. The lowest BCUT2D eigenvalue weighted by atomic mass is 10.1. The molecule has 0 unspecified atom stereocenters. The van der Waals surface area contributed by atoms with Gasteiger partial charge in [0, 0.05) is 16.5 Å². The van der Waals surface area contributed by atoms with Crippen LogP contribution in [0, 0.1) is 0 Å². The summed E-state index contributed by atoms with van der Waals surface area (Å²) in [6.45, 7) is 0.